The molecule has 0 saturated carbocycles. The fourth-order valence-electron chi connectivity index (χ4n) is 1.74. The van der Waals surface area contributed by atoms with Crippen LogP contribution in [-0.4, -0.2) is 29.7 Å². The average Bonchev–Trinajstić information content (AvgIpc) is 2.37. The SMILES string of the molecule is CC(Cc1ccc(Br)cc1)NC(=O)NCCCC(=O)O. The Labute approximate surface area is 126 Å². The summed E-state index contributed by atoms with van der Waals surface area (Å²) in [6, 6.07) is 7.69. The molecule has 1 rings (SSSR count). The summed E-state index contributed by atoms with van der Waals surface area (Å²) in [4.78, 5) is 21.9. The Kier molecular flexibility index (Phi) is 7.08. The van der Waals surface area contributed by atoms with Crippen LogP contribution in [0.3, 0.4) is 0 Å². The average molecular weight is 343 g/mol. The Balaban J connectivity index is 2.24. The number of carboxylic acid groups (broad SMARTS) is 1. The quantitative estimate of drug-likeness (QED) is 0.666. The van der Waals surface area contributed by atoms with Crippen LogP contribution in [0.5, 0.6) is 0 Å². The Morgan fingerprint density at radius 2 is 1.95 bits per heavy atom. The van der Waals surface area contributed by atoms with Crippen LogP contribution < -0.4 is 10.6 Å². The van der Waals surface area contributed by atoms with Crippen molar-refractivity contribution in [1.29, 1.82) is 0 Å². The van der Waals surface area contributed by atoms with Gasteiger partial charge in [-0.3, -0.25) is 4.79 Å². The van der Waals surface area contributed by atoms with Gasteiger partial charge < -0.3 is 15.7 Å². The summed E-state index contributed by atoms with van der Waals surface area (Å²) in [6.07, 6.45) is 1.24. The Morgan fingerprint density at radius 1 is 1.30 bits per heavy atom. The van der Waals surface area contributed by atoms with Crippen LogP contribution in [0.4, 0.5) is 4.79 Å². The van der Waals surface area contributed by atoms with Gasteiger partial charge in [-0.15, -0.1) is 0 Å². The highest BCUT2D eigenvalue weighted by Crippen LogP contribution is 2.11. The maximum atomic E-state index is 11.6. The van der Waals surface area contributed by atoms with Gasteiger partial charge in [-0.05, 0) is 37.5 Å². The Morgan fingerprint density at radius 3 is 2.55 bits per heavy atom. The van der Waals surface area contributed by atoms with Crippen LogP contribution >= 0.6 is 15.9 Å². The van der Waals surface area contributed by atoms with Crippen molar-refractivity contribution in [2.24, 2.45) is 0 Å². The van der Waals surface area contributed by atoms with E-state index in [9.17, 15) is 9.59 Å². The van der Waals surface area contributed by atoms with Crippen molar-refractivity contribution in [3.8, 4) is 0 Å². The minimum atomic E-state index is -0.851. The summed E-state index contributed by atoms with van der Waals surface area (Å²) in [5, 5.41) is 13.9. The fourth-order valence-corrected chi connectivity index (χ4v) is 2.01. The standard InChI is InChI=1S/C14H19BrN2O3/c1-10(9-11-4-6-12(15)7-5-11)17-14(20)16-8-2-3-13(18)19/h4-7,10H,2-3,8-9H2,1H3,(H,18,19)(H2,16,17,20). The minimum Gasteiger partial charge on any atom is -0.481 e. The molecule has 0 fully saturated rings. The first-order valence-corrected chi connectivity index (χ1v) is 7.27. The molecule has 3 N–H and O–H groups in total. The summed E-state index contributed by atoms with van der Waals surface area (Å²) in [7, 11) is 0. The van der Waals surface area contributed by atoms with Crippen molar-refractivity contribution in [3.63, 3.8) is 0 Å². The Bertz CT molecular complexity index is 448. The minimum absolute atomic E-state index is 0.00986. The van der Waals surface area contributed by atoms with Gasteiger partial charge in [0.15, 0.2) is 0 Å². The van der Waals surface area contributed by atoms with Crippen LogP contribution in [0.2, 0.25) is 0 Å². The number of hydrogen-bond acceptors (Lipinski definition) is 2. The van der Waals surface area contributed by atoms with Crippen molar-refractivity contribution >= 4 is 27.9 Å². The normalized spacial score (nSPS) is 11.7. The Hall–Kier alpha value is -1.56. The van der Waals surface area contributed by atoms with E-state index in [1.165, 1.54) is 0 Å². The number of nitrogens with one attached hydrogen (secondary N) is 2. The molecule has 0 bridgehead atoms. The zero-order chi connectivity index (χ0) is 15.0. The second-order valence-electron chi connectivity index (χ2n) is 4.63. The molecule has 0 saturated heterocycles. The summed E-state index contributed by atoms with van der Waals surface area (Å²) in [5.74, 6) is -0.851. The predicted molar refractivity (Wildman–Crippen MR) is 80.7 cm³/mol. The molecule has 1 aromatic carbocycles. The van der Waals surface area contributed by atoms with Gasteiger partial charge in [0.1, 0.15) is 0 Å². The van der Waals surface area contributed by atoms with E-state index in [1.54, 1.807) is 0 Å². The topological polar surface area (TPSA) is 78.4 Å². The zero-order valence-corrected chi connectivity index (χ0v) is 12.9. The first-order chi connectivity index (χ1) is 9.47. The van der Waals surface area contributed by atoms with E-state index in [0.29, 0.717) is 13.0 Å². The third-order valence-corrected chi connectivity index (χ3v) is 3.21. The van der Waals surface area contributed by atoms with Crippen LogP contribution in [-0.2, 0) is 11.2 Å². The number of amides is 2. The number of carbonyl (C=O) groups is 2. The lowest BCUT2D eigenvalue weighted by molar-refractivity contribution is -0.137. The number of rotatable bonds is 7. The van der Waals surface area contributed by atoms with E-state index in [4.69, 9.17) is 5.11 Å². The second kappa shape index (κ2) is 8.58. The van der Waals surface area contributed by atoms with E-state index in [-0.39, 0.29) is 18.5 Å². The maximum Gasteiger partial charge on any atom is 0.315 e. The molecule has 0 aliphatic heterocycles. The number of aliphatic carboxylic acids is 1. The molecular weight excluding hydrogens is 324 g/mol. The lowest BCUT2D eigenvalue weighted by Crippen LogP contribution is -2.42. The highest BCUT2D eigenvalue weighted by Gasteiger charge is 2.07. The van der Waals surface area contributed by atoms with Crippen LogP contribution in [0.15, 0.2) is 28.7 Å². The first-order valence-electron chi connectivity index (χ1n) is 6.48. The number of halogens is 1. The number of carboxylic acids is 1. The molecule has 6 heteroatoms. The van der Waals surface area contributed by atoms with Crippen molar-refractivity contribution < 1.29 is 14.7 Å². The first kappa shape index (κ1) is 16.5. The second-order valence-corrected chi connectivity index (χ2v) is 5.54. The molecular formula is C14H19BrN2O3. The molecule has 0 aromatic heterocycles. The molecule has 0 spiro atoms. The van der Waals surface area contributed by atoms with Gasteiger partial charge in [-0.25, -0.2) is 4.79 Å². The fraction of sp³-hybridized carbons (Fsp3) is 0.429. The number of carbonyl (C=O) groups excluding carboxylic acids is 1. The number of benzene rings is 1. The highest BCUT2D eigenvalue weighted by atomic mass is 79.9. The summed E-state index contributed by atoms with van der Waals surface area (Å²) < 4.78 is 1.03. The molecule has 1 unspecified atom stereocenters. The van der Waals surface area contributed by atoms with Gasteiger partial charge >= 0.3 is 12.0 Å². The van der Waals surface area contributed by atoms with Crippen molar-refractivity contribution in [2.75, 3.05) is 6.54 Å². The van der Waals surface area contributed by atoms with E-state index in [1.807, 2.05) is 31.2 Å². The van der Waals surface area contributed by atoms with Crippen LogP contribution in [0.25, 0.3) is 0 Å². The predicted octanol–water partition coefficient (Wildman–Crippen LogP) is 2.54. The summed E-state index contributed by atoms with van der Waals surface area (Å²) in [6.45, 7) is 2.29. The zero-order valence-electron chi connectivity index (χ0n) is 11.4. The largest absolute Gasteiger partial charge is 0.481 e. The molecule has 1 aromatic rings. The molecule has 0 aliphatic carbocycles. The summed E-state index contributed by atoms with van der Waals surface area (Å²) in [5.41, 5.74) is 1.15. The molecule has 0 aliphatic rings. The van der Waals surface area contributed by atoms with E-state index in [0.717, 1.165) is 16.5 Å². The summed E-state index contributed by atoms with van der Waals surface area (Å²) >= 11 is 3.38. The third kappa shape index (κ3) is 7.13. The lowest BCUT2D eigenvalue weighted by atomic mass is 10.1. The van der Waals surface area contributed by atoms with Gasteiger partial charge in [0, 0.05) is 23.5 Å². The van der Waals surface area contributed by atoms with Gasteiger partial charge in [0.05, 0.1) is 0 Å². The van der Waals surface area contributed by atoms with Crippen LogP contribution in [0.1, 0.15) is 25.3 Å². The third-order valence-electron chi connectivity index (χ3n) is 2.69. The molecule has 110 valence electrons. The van der Waals surface area contributed by atoms with Crippen LogP contribution in [0, 0.1) is 0 Å². The van der Waals surface area contributed by atoms with Gasteiger partial charge in [0.25, 0.3) is 0 Å². The molecule has 5 nitrogen and oxygen atoms in total. The van der Waals surface area contributed by atoms with E-state index in [2.05, 4.69) is 26.6 Å². The molecule has 0 radical (unpaired) electrons. The van der Waals surface area contributed by atoms with Crippen molar-refractivity contribution in [2.45, 2.75) is 32.2 Å². The molecule has 0 heterocycles. The highest BCUT2D eigenvalue weighted by molar-refractivity contribution is 9.10. The van der Waals surface area contributed by atoms with Gasteiger partial charge in [-0.2, -0.15) is 0 Å². The maximum absolute atomic E-state index is 11.6. The van der Waals surface area contributed by atoms with E-state index >= 15 is 0 Å². The van der Waals surface area contributed by atoms with Gasteiger partial charge in [0.2, 0.25) is 0 Å². The molecule has 2 amide bonds. The lowest BCUT2D eigenvalue weighted by Gasteiger charge is -2.14. The molecule has 20 heavy (non-hydrogen) atoms. The van der Waals surface area contributed by atoms with Crippen molar-refractivity contribution in [1.82, 2.24) is 10.6 Å². The smallest absolute Gasteiger partial charge is 0.315 e. The monoisotopic (exact) mass is 342 g/mol. The number of urea groups is 1. The molecule has 1 atom stereocenters. The number of hydrogen-bond donors (Lipinski definition) is 3. The van der Waals surface area contributed by atoms with Crippen molar-refractivity contribution in [3.05, 3.63) is 34.3 Å². The van der Waals surface area contributed by atoms with Gasteiger partial charge in [-0.1, -0.05) is 28.1 Å². The van der Waals surface area contributed by atoms with E-state index < -0.39 is 5.97 Å².